The number of pyridine rings is 1. The van der Waals surface area contributed by atoms with E-state index in [0.717, 1.165) is 22.0 Å². The van der Waals surface area contributed by atoms with Crippen molar-refractivity contribution in [1.82, 2.24) is 15.3 Å². The van der Waals surface area contributed by atoms with E-state index >= 15 is 0 Å². The van der Waals surface area contributed by atoms with Crippen LogP contribution >= 0.6 is 0 Å². The maximum Gasteiger partial charge on any atom is 0.312 e. The van der Waals surface area contributed by atoms with Crippen molar-refractivity contribution in [2.75, 3.05) is 5.32 Å². The first-order valence-electron chi connectivity index (χ1n) is 10.0. The lowest BCUT2D eigenvalue weighted by molar-refractivity contribution is -0.117. The highest BCUT2D eigenvalue weighted by molar-refractivity contribution is 5.97. The molecular formula is C25H21N5O2. The molecule has 0 spiro atoms. The van der Waals surface area contributed by atoms with E-state index in [1.807, 2.05) is 54.7 Å². The molecule has 1 atom stereocenters. The number of aromatic amines is 1. The molecule has 1 unspecified atom stereocenters. The normalized spacial score (nSPS) is 11.2. The number of rotatable bonds is 5. The lowest BCUT2D eigenvalue weighted by Crippen LogP contribution is -2.47. The Morgan fingerprint density at radius 1 is 1.03 bits per heavy atom. The monoisotopic (exact) mass is 423 g/mol. The van der Waals surface area contributed by atoms with Crippen molar-refractivity contribution < 1.29 is 9.59 Å². The standard InChI is InChI=1S/C25H21N5O2/c26-25(32)30-23(15-18-16-28-22-10-2-1-9-21(18)22)24(31)29-20-8-5-6-17(14-20)11-12-19-7-3-4-13-27-19/h1-10,13-14,16,23,28H,15H2,(H,29,31)(H3,26,30,32). The van der Waals surface area contributed by atoms with Crippen molar-refractivity contribution in [3.8, 4) is 11.8 Å². The van der Waals surface area contributed by atoms with Gasteiger partial charge in [-0.05, 0) is 47.9 Å². The lowest BCUT2D eigenvalue weighted by atomic mass is 10.0. The van der Waals surface area contributed by atoms with Gasteiger partial charge in [0, 0.05) is 41.0 Å². The van der Waals surface area contributed by atoms with Crippen LogP contribution in [0.4, 0.5) is 10.5 Å². The number of H-pyrrole nitrogens is 1. The van der Waals surface area contributed by atoms with Crippen LogP contribution < -0.4 is 16.4 Å². The summed E-state index contributed by atoms with van der Waals surface area (Å²) in [5, 5.41) is 6.37. The van der Waals surface area contributed by atoms with Gasteiger partial charge in [0.2, 0.25) is 5.91 Å². The molecule has 7 heteroatoms. The molecule has 0 saturated carbocycles. The molecule has 0 bridgehead atoms. The molecule has 158 valence electrons. The number of amides is 3. The Morgan fingerprint density at radius 2 is 1.88 bits per heavy atom. The average molecular weight is 423 g/mol. The molecule has 0 aliphatic heterocycles. The van der Waals surface area contributed by atoms with E-state index in [2.05, 4.69) is 32.4 Å². The van der Waals surface area contributed by atoms with Gasteiger partial charge in [0.15, 0.2) is 0 Å². The van der Waals surface area contributed by atoms with Crippen molar-refractivity contribution in [2.45, 2.75) is 12.5 Å². The fourth-order valence-electron chi connectivity index (χ4n) is 3.38. The van der Waals surface area contributed by atoms with Gasteiger partial charge in [0.25, 0.3) is 0 Å². The number of nitrogens with zero attached hydrogens (tertiary/aromatic N) is 1. The van der Waals surface area contributed by atoms with Crippen LogP contribution in [-0.4, -0.2) is 27.9 Å². The Balaban J connectivity index is 1.51. The van der Waals surface area contributed by atoms with Crippen LogP contribution in [0.25, 0.3) is 10.9 Å². The van der Waals surface area contributed by atoms with Crippen LogP contribution in [0.1, 0.15) is 16.8 Å². The van der Waals surface area contributed by atoms with Crippen molar-refractivity contribution in [3.05, 3.63) is 95.9 Å². The van der Waals surface area contributed by atoms with Gasteiger partial charge in [-0.2, -0.15) is 0 Å². The fraction of sp³-hybridized carbons (Fsp3) is 0.0800. The second-order valence-corrected chi connectivity index (χ2v) is 7.16. The second kappa shape index (κ2) is 9.49. The van der Waals surface area contributed by atoms with E-state index in [9.17, 15) is 9.59 Å². The molecule has 7 nitrogen and oxygen atoms in total. The molecule has 0 saturated heterocycles. The van der Waals surface area contributed by atoms with Crippen LogP contribution in [-0.2, 0) is 11.2 Å². The smallest absolute Gasteiger partial charge is 0.312 e. The number of benzene rings is 2. The molecular weight excluding hydrogens is 402 g/mol. The Hall–Kier alpha value is -4.57. The Kier molecular flexibility index (Phi) is 6.14. The first-order valence-corrected chi connectivity index (χ1v) is 10.0. The molecule has 2 aromatic carbocycles. The molecule has 0 aliphatic carbocycles. The number of primary amides is 1. The Labute approximate surface area is 185 Å². The van der Waals surface area contributed by atoms with Gasteiger partial charge >= 0.3 is 6.03 Å². The van der Waals surface area contributed by atoms with E-state index in [4.69, 9.17) is 5.73 Å². The summed E-state index contributed by atoms with van der Waals surface area (Å²) in [4.78, 5) is 31.8. The highest BCUT2D eigenvalue weighted by Gasteiger charge is 2.22. The zero-order chi connectivity index (χ0) is 22.3. The highest BCUT2D eigenvalue weighted by Crippen LogP contribution is 2.20. The lowest BCUT2D eigenvalue weighted by Gasteiger charge is -2.17. The number of aromatic nitrogens is 2. The highest BCUT2D eigenvalue weighted by atomic mass is 16.2. The first kappa shape index (κ1) is 20.7. The maximum absolute atomic E-state index is 13.0. The summed E-state index contributed by atoms with van der Waals surface area (Å²) >= 11 is 0. The number of nitrogens with one attached hydrogen (secondary N) is 3. The number of hydrogen-bond acceptors (Lipinski definition) is 3. The summed E-state index contributed by atoms with van der Waals surface area (Å²) in [6.07, 6.45) is 3.81. The molecule has 4 rings (SSSR count). The number of fused-ring (bicyclic) bond motifs is 1. The molecule has 5 N–H and O–H groups in total. The quantitative estimate of drug-likeness (QED) is 0.370. The van der Waals surface area contributed by atoms with Crippen molar-refractivity contribution >= 4 is 28.5 Å². The fourth-order valence-corrected chi connectivity index (χ4v) is 3.38. The van der Waals surface area contributed by atoms with Crippen LogP contribution in [0.15, 0.2) is 79.1 Å². The van der Waals surface area contributed by atoms with Gasteiger partial charge in [-0.3, -0.25) is 4.79 Å². The van der Waals surface area contributed by atoms with E-state index in [-0.39, 0.29) is 12.3 Å². The summed E-state index contributed by atoms with van der Waals surface area (Å²) in [6, 6.07) is 18.9. The van der Waals surface area contributed by atoms with E-state index in [1.54, 1.807) is 24.4 Å². The SMILES string of the molecule is NC(=O)NC(Cc1c[nH]c2ccccc12)C(=O)Nc1cccc(C#Cc2ccccn2)c1. The number of carbonyl (C=O) groups excluding carboxylic acids is 2. The zero-order valence-corrected chi connectivity index (χ0v) is 17.1. The number of hydrogen-bond donors (Lipinski definition) is 4. The van der Waals surface area contributed by atoms with Crippen LogP contribution in [0.2, 0.25) is 0 Å². The van der Waals surface area contributed by atoms with Crippen LogP contribution in [0.3, 0.4) is 0 Å². The second-order valence-electron chi connectivity index (χ2n) is 7.16. The number of nitrogens with two attached hydrogens (primary N) is 1. The Bertz CT molecular complexity index is 1320. The van der Waals surface area contributed by atoms with Gasteiger partial charge in [0.05, 0.1) is 0 Å². The molecule has 2 aromatic heterocycles. The predicted molar refractivity (Wildman–Crippen MR) is 124 cm³/mol. The van der Waals surface area contributed by atoms with Crippen LogP contribution in [0, 0.1) is 11.8 Å². The topological polar surface area (TPSA) is 113 Å². The summed E-state index contributed by atoms with van der Waals surface area (Å²) in [7, 11) is 0. The van der Waals surface area contributed by atoms with Crippen molar-refractivity contribution in [3.63, 3.8) is 0 Å². The largest absolute Gasteiger partial charge is 0.361 e. The molecule has 3 amide bonds. The van der Waals surface area contributed by atoms with Crippen molar-refractivity contribution in [2.24, 2.45) is 5.73 Å². The van der Waals surface area contributed by atoms with Gasteiger partial charge in [-0.25, -0.2) is 9.78 Å². The van der Waals surface area contributed by atoms with E-state index in [0.29, 0.717) is 11.4 Å². The molecule has 4 aromatic rings. The maximum atomic E-state index is 13.0. The molecule has 32 heavy (non-hydrogen) atoms. The third-order valence-electron chi connectivity index (χ3n) is 4.86. The summed E-state index contributed by atoms with van der Waals surface area (Å²) in [6.45, 7) is 0. The minimum atomic E-state index is -0.838. The van der Waals surface area contributed by atoms with E-state index < -0.39 is 12.1 Å². The third-order valence-corrected chi connectivity index (χ3v) is 4.86. The minimum absolute atomic E-state index is 0.290. The predicted octanol–water partition coefficient (Wildman–Crippen LogP) is 3.18. The average Bonchev–Trinajstić information content (AvgIpc) is 3.21. The van der Waals surface area contributed by atoms with Crippen LogP contribution in [0.5, 0.6) is 0 Å². The zero-order valence-electron chi connectivity index (χ0n) is 17.1. The first-order chi connectivity index (χ1) is 15.6. The van der Waals surface area contributed by atoms with Gasteiger partial charge < -0.3 is 21.4 Å². The number of carbonyl (C=O) groups is 2. The summed E-state index contributed by atoms with van der Waals surface area (Å²) in [5.41, 5.74) is 9.14. The van der Waals surface area contributed by atoms with Crippen molar-refractivity contribution in [1.29, 1.82) is 0 Å². The number of para-hydroxylation sites is 1. The van der Waals surface area contributed by atoms with Gasteiger partial charge in [-0.15, -0.1) is 0 Å². The molecule has 0 aliphatic rings. The molecule has 0 fully saturated rings. The third kappa shape index (κ3) is 5.12. The van der Waals surface area contributed by atoms with E-state index in [1.165, 1.54) is 0 Å². The summed E-state index contributed by atoms with van der Waals surface area (Å²) in [5.74, 6) is 5.65. The minimum Gasteiger partial charge on any atom is -0.361 e. The Morgan fingerprint density at radius 3 is 2.69 bits per heavy atom. The number of anilines is 1. The summed E-state index contributed by atoms with van der Waals surface area (Å²) < 4.78 is 0. The number of urea groups is 1. The molecule has 0 radical (unpaired) electrons. The van der Waals surface area contributed by atoms with Gasteiger partial charge in [-0.1, -0.05) is 36.3 Å². The molecule has 2 heterocycles. The van der Waals surface area contributed by atoms with Gasteiger partial charge in [0.1, 0.15) is 11.7 Å².